The maximum atomic E-state index is 13.0. The highest BCUT2D eigenvalue weighted by atomic mass is 32.2. The Morgan fingerprint density at radius 3 is 2.12 bits per heavy atom. The number of amides is 2. The molecule has 2 heterocycles. The molecule has 0 aromatic rings. The molecule has 0 radical (unpaired) electrons. The van der Waals surface area contributed by atoms with Gasteiger partial charge in [-0.1, -0.05) is 34.6 Å². The lowest BCUT2D eigenvalue weighted by Gasteiger charge is -2.27. The number of rotatable bonds is 2. The van der Waals surface area contributed by atoms with E-state index < -0.39 is 36.0 Å². The molecule has 8 nitrogen and oxygen atoms in total. The monoisotopic (exact) mass is 468 g/mol. The molecule has 6 atom stereocenters. The quantitative estimate of drug-likeness (QED) is 0.594. The lowest BCUT2D eigenvalue weighted by atomic mass is 9.88. The number of ether oxygens (including phenoxy) is 1. The zero-order chi connectivity index (χ0) is 24.2. The number of carbonyl (C=O) groups is 5. The van der Waals surface area contributed by atoms with E-state index in [1.54, 1.807) is 20.8 Å². The minimum Gasteiger partial charge on any atom is -0.461 e. The molecule has 0 aromatic heterocycles. The second kappa shape index (κ2) is 11.3. The van der Waals surface area contributed by atoms with Crippen LogP contribution in [0.2, 0.25) is 0 Å². The normalized spacial score (nSPS) is 33.7. The summed E-state index contributed by atoms with van der Waals surface area (Å²) < 4.78 is 5.47. The van der Waals surface area contributed by atoms with E-state index in [-0.39, 0.29) is 59.7 Å². The average molecular weight is 469 g/mol. The third-order valence-corrected chi connectivity index (χ3v) is 7.58. The third-order valence-electron chi connectivity index (χ3n) is 6.20. The van der Waals surface area contributed by atoms with Crippen LogP contribution in [0, 0.1) is 23.7 Å². The van der Waals surface area contributed by atoms with Gasteiger partial charge < -0.3 is 15.4 Å². The number of ketones is 2. The van der Waals surface area contributed by atoms with Gasteiger partial charge in [-0.3, -0.25) is 19.2 Å². The Bertz CT molecular complexity index is 753. The van der Waals surface area contributed by atoms with Gasteiger partial charge in [0.15, 0.2) is 5.78 Å². The van der Waals surface area contributed by atoms with Gasteiger partial charge in [0.2, 0.25) is 11.8 Å². The van der Waals surface area contributed by atoms with Gasteiger partial charge in [-0.05, 0) is 18.8 Å². The maximum Gasteiger partial charge on any atom is 0.329 e. The number of hydrogen-bond donors (Lipinski definition) is 2. The van der Waals surface area contributed by atoms with E-state index in [2.05, 4.69) is 10.6 Å². The van der Waals surface area contributed by atoms with Crippen molar-refractivity contribution < 1.29 is 28.7 Å². The maximum absolute atomic E-state index is 13.0. The summed E-state index contributed by atoms with van der Waals surface area (Å²) >= 11 is 1.45. The second-order valence-corrected chi connectivity index (χ2v) is 11.1. The highest BCUT2D eigenvalue weighted by Gasteiger charge is 2.39. The minimum absolute atomic E-state index is 0.0150. The van der Waals surface area contributed by atoms with Crippen LogP contribution < -0.4 is 10.6 Å². The van der Waals surface area contributed by atoms with Crippen LogP contribution in [0.25, 0.3) is 0 Å². The first-order valence-corrected chi connectivity index (χ1v) is 12.4. The molecule has 2 unspecified atom stereocenters. The molecule has 0 spiro atoms. The predicted octanol–water partition coefficient (Wildman–Crippen LogP) is 1.89. The molecule has 0 aromatic carbocycles. The predicted molar refractivity (Wildman–Crippen MR) is 122 cm³/mol. The Labute approximate surface area is 194 Å². The van der Waals surface area contributed by atoms with Crippen LogP contribution in [0.4, 0.5) is 0 Å². The summed E-state index contributed by atoms with van der Waals surface area (Å²) in [5.74, 6) is -2.88. The van der Waals surface area contributed by atoms with Crippen molar-refractivity contribution in [3.05, 3.63) is 0 Å². The highest BCUT2D eigenvalue weighted by Crippen LogP contribution is 2.29. The van der Waals surface area contributed by atoms with Gasteiger partial charge in [-0.25, -0.2) is 4.79 Å². The molecular formula is C23H36N2O6S. The van der Waals surface area contributed by atoms with Crippen LogP contribution in [0.15, 0.2) is 0 Å². The molecular weight excluding hydrogens is 432 g/mol. The third kappa shape index (κ3) is 6.80. The fourth-order valence-electron chi connectivity index (χ4n) is 4.04. The Hall–Kier alpha value is -1.90. The molecule has 0 saturated carbocycles. The molecule has 2 rings (SSSR count). The molecule has 2 N–H and O–H groups in total. The van der Waals surface area contributed by atoms with E-state index in [0.717, 1.165) is 0 Å². The average Bonchev–Trinajstić information content (AvgIpc) is 2.81. The molecule has 2 bridgehead atoms. The van der Waals surface area contributed by atoms with Gasteiger partial charge in [0, 0.05) is 36.2 Å². The molecule has 2 aliphatic heterocycles. The Kier molecular flexibility index (Phi) is 9.30. The van der Waals surface area contributed by atoms with E-state index in [0.29, 0.717) is 5.75 Å². The number of esters is 1. The lowest BCUT2D eigenvalue weighted by molar-refractivity contribution is -0.155. The fourth-order valence-corrected chi connectivity index (χ4v) is 5.26. The number of cyclic esters (lactones) is 1. The van der Waals surface area contributed by atoms with Crippen molar-refractivity contribution in [3.63, 3.8) is 0 Å². The zero-order valence-electron chi connectivity index (χ0n) is 19.8. The van der Waals surface area contributed by atoms with E-state index in [1.165, 1.54) is 11.8 Å². The van der Waals surface area contributed by atoms with Crippen LogP contribution in [-0.4, -0.2) is 58.5 Å². The first kappa shape index (κ1) is 26.4. The zero-order valence-corrected chi connectivity index (χ0v) is 20.6. The van der Waals surface area contributed by atoms with Crippen molar-refractivity contribution in [2.45, 2.75) is 84.2 Å². The molecule has 32 heavy (non-hydrogen) atoms. The van der Waals surface area contributed by atoms with Crippen molar-refractivity contribution in [2.75, 3.05) is 5.75 Å². The lowest BCUT2D eigenvalue weighted by Crippen LogP contribution is -2.50. The molecule has 2 aliphatic rings. The van der Waals surface area contributed by atoms with Gasteiger partial charge in [-0.15, -0.1) is 0 Å². The van der Waals surface area contributed by atoms with E-state index in [4.69, 9.17) is 4.74 Å². The summed E-state index contributed by atoms with van der Waals surface area (Å²) in [6.45, 7) is 10.8. The first-order valence-electron chi connectivity index (χ1n) is 11.4. The molecule has 180 valence electrons. The summed E-state index contributed by atoms with van der Waals surface area (Å²) in [4.78, 5) is 64.3. The number of fused-ring (bicyclic) bond motifs is 3. The largest absolute Gasteiger partial charge is 0.461 e. The summed E-state index contributed by atoms with van der Waals surface area (Å²) in [5, 5.41) is 5.43. The first-order chi connectivity index (χ1) is 14.9. The summed E-state index contributed by atoms with van der Waals surface area (Å²) in [6.07, 6.45) is -0.694. The van der Waals surface area contributed by atoms with Gasteiger partial charge >= 0.3 is 5.97 Å². The molecule has 0 aliphatic carbocycles. The van der Waals surface area contributed by atoms with Crippen LogP contribution in [0.1, 0.15) is 60.8 Å². The smallest absolute Gasteiger partial charge is 0.329 e. The molecule has 9 heteroatoms. The van der Waals surface area contributed by atoms with Crippen LogP contribution in [0.5, 0.6) is 0 Å². The SMILES string of the molecule is CC1SC[C@@H]2NC(=O)[C@@H](C(C)C)CC(=O)C[C@H](C)OC(=O)[C@H](C(C)C)NC(=O)C1CC2=O. The van der Waals surface area contributed by atoms with E-state index >= 15 is 0 Å². The number of carbonyl (C=O) groups excluding carboxylic acids is 5. The molecule has 2 amide bonds. The summed E-state index contributed by atoms with van der Waals surface area (Å²) in [7, 11) is 0. The number of nitrogens with one attached hydrogen (secondary N) is 2. The standard InChI is InChI=1S/C23H36N2O6S/c1-11(2)16-8-15(26)7-13(5)31-23(30)20(12(3)4)25-22(29)17-9-19(27)18(24-21(16)28)10-32-14(17)6/h11-14,16-18,20H,7-10H2,1-6H3,(H,24,28)(H,25,29)/t13-,14?,16+,17?,18-,20-/m0/s1. The van der Waals surface area contributed by atoms with Crippen LogP contribution >= 0.6 is 11.8 Å². The van der Waals surface area contributed by atoms with Gasteiger partial charge in [-0.2, -0.15) is 11.8 Å². The number of hydrogen-bond acceptors (Lipinski definition) is 7. The van der Waals surface area contributed by atoms with Gasteiger partial charge in [0.25, 0.3) is 0 Å². The molecule has 2 fully saturated rings. The number of thioether (sulfide) groups is 1. The van der Waals surface area contributed by atoms with Crippen molar-refractivity contribution in [1.29, 1.82) is 0 Å². The second-order valence-electron chi connectivity index (χ2n) is 9.65. The topological polar surface area (TPSA) is 119 Å². The highest BCUT2D eigenvalue weighted by molar-refractivity contribution is 8.00. The minimum atomic E-state index is -0.873. The number of Topliss-reactive ketones (excluding diaryl/α,β-unsaturated/α-hetero) is 2. The van der Waals surface area contributed by atoms with E-state index in [1.807, 2.05) is 20.8 Å². The van der Waals surface area contributed by atoms with Crippen molar-refractivity contribution in [2.24, 2.45) is 23.7 Å². The Morgan fingerprint density at radius 2 is 1.53 bits per heavy atom. The fraction of sp³-hybridized carbons (Fsp3) is 0.783. The van der Waals surface area contributed by atoms with Crippen LogP contribution in [0.3, 0.4) is 0 Å². The van der Waals surface area contributed by atoms with Gasteiger partial charge in [0.1, 0.15) is 17.9 Å². The van der Waals surface area contributed by atoms with Gasteiger partial charge in [0.05, 0.1) is 12.0 Å². The Morgan fingerprint density at radius 1 is 0.875 bits per heavy atom. The van der Waals surface area contributed by atoms with Crippen molar-refractivity contribution in [3.8, 4) is 0 Å². The molecule has 2 saturated heterocycles. The van der Waals surface area contributed by atoms with Crippen molar-refractivity contribution in [1.82, 2.24) is 10.6 Å². The summed E-state index contributed by atoms with van der Waals surface area (Å²) in [5.41, 5.74) is 0. The summed E-state index contributed by atoms with van der Waals surface area (Å²) in [6, 6.07) is -1.58. The van der Waals surface area contributed by atoms with E-state index in [9.17, 15) is 24.0 Å². The van der Waals surface area contributed by atoms with Crippen LogP contribution in [-0.2, 0) is 28.7 Å². The Balaban J connectivity index is 2.38. The van der Waals surface area contributed by atoms with Crippen molar-refractivity contribution >= 4 is 41.1 Å².